The molecule has 0 unspecified atom stereocenters. The number of hydrogen-bond donors (Lipinski definition) is 1. The second-order valence-corrected chi connectivity index (χ2v) is 6.51. The molecule has 0 radical (unpaired) electrons. The molecule has 1 N–H and O–H groups in total. The summed E-state index contributed by atoms with van der Waals surface area (Å²) in [7, 11) is 1.88. The Hall–Kier alpha value is -3.15. The summed E-state index contributed by atoms with van der Waals surface area (Å²) in [5.41, 5.74) is 1.91. The highest BCUT2D eigenvalue weighted by Crippen LogP contribution is 2.21. The number of carbonyl (C=O) groups is 1. The topological polar surface area (TPSA) is 41.6 Å². The first kappa shape index (κ1) is 19.6. The lowest BCUT2D eigenvalue weighted by molar-refractivity contribution is -0.119. The Kier molecular flexibility index (Phi) is 6.42. The first-order valence-electron chi connectivity index (χ1n) is 9.01. The fourth-order valence-corrected chi connectivity index (χ4v) is 2.96. The molecule has 0 saturated heterocycles. The van der Waals surface area contributed by atoms with E-state index in [9.17, 15) is 13.6 Å². The molecular weight excluding hydrogens is 362 g/mol. The van der Waals surface area contributed by atoms with Crippen LogP contribution < -0.4 is 15.0 Å². The van der Waals surface area contributed by atoms with Gasteiger partial charge >= 0.3 is 6.61 Å². The van der Waals surface area contributed by atoms with Crippen molar-refractivity contribution in [3.63, 3.8) is 0 Å². The summed E-state index contributed by atoms with van der Waals surface area (Å²) in [6.45, 7) is -2.11. The molecule has 0 atom stereocenters. The van der Waals surface area contributed by atoms with Gasteiger partial charge in [0.05, 0.1) is 6.54 Å². The van der Waals surface area contributed by atoms with Gasteiger partial charge in [0, 0.05) is 19.3 Å². The van der Waals surface area contributed by atoms with Gasteiger partial charge in [-0.25, -0.2) is 0 Å². The van der Waals surface area contributed by atoms with Gasteiger partial charge in [-0.05, 0) is 47.0 Å². The monoisotopic (exact) mass is 384 g/mol. The molecule has 0 aromatic heterocycles. The third kappa shape index (κ3) is 5.42. The molecule has 0 aliphatic carbocycles. The normalized spacial score (nSPS) is 10.9. The van der Waals surface area contributed by atoms with E-state index in [2.05, 4.69) is 22.2 Å². The highest BCUT2D eigenvalue weighted by Gasteiger charge is 2.08. The number of ether oxygens (including phenoxy) is 1. The van der Waals surface area contributed by atoms with Gasteiger partial charge in [-0.1, -0.05) is 42.5 Å². The van der Waals surface area contributed by atoms with Crippen LogP contribution >= 0.6 is 0 Å². The van der Waals surface area contributed by atoms with Crippen molar-refractivity contribution >= 4 is 22.4 Å². The molecule has 3 aromatic carbocycles. The zero-order valence-electron chi connectivity index (χ0n) is 15.6. The van der Waals surface area contributed by atoms with Gasteiger partial charge < -0.3 is 15.0 Å². The Morgan fingerprint density at radius 2 is 1.75 bits per heavy atom. The molecule has 0 aliphatic rings. The minimum atomic E-state index is -2.83. The first-order valence-corrected chi connectivity index (χ1v) is 9.01. The Bertz CT molecular complexity index is 929. The number of nitrogens with one attached hydrogen (secondary N) is 1. The Morgan fingerprint density at radius 1 is 1.04 bits per heavy atom. The number of benzene rings is 3. The first-order chi connectivity index (χ1) is 13.5. The van der Waals surface area contributed by atoms with E-state index in [0.29, 0.717) is 13.0 Å². The highest BCUT2D eigenvalue weighted by atomic mass is 19.3. The second-order valence-electron chi connectivity index (χ2n) is 6.51. The smallest absolute Gasteiger partial charge is 0.387 e. The number of alkyl halides is 2. The van der Waals surface area contributed by atoms with Gasteiger partial charge in [0.25, 0.3) is 0 Å². The number of rotatable bonds is 8. The maximum absolute atomic E-state index is 12.2. The second kappa shape index (κ2) is 9.17. The summed E-state index contributed by atoms with van der Waals surface area (Å²) < 4.78 is 28.6. The Balaban J connectivity index is 1.46. The fourth-order valence-electron chi connectivity index (χ4n) is 2.96. The molecule has 3 rings (SSSR count). The van der Waals surface area contributed by atoms with Crippen molar-refractivity contribution < 1.29 is 18.3 Å². The van der Waals surface area contributed by atoms with Gasteiger partial charge in [0.2, 0.25) is 5.91 Å². The van der Waals surface area contributed by atoms with Crippen LogP contribution in [0.2, 0.25) is 0 Å². The number of halogens is 2. The van der Waals surface area contributed by atoms with Gasteiger partial charge in [0.15, 0.2) is 0 Å². The molecule has 4 nitrogen and oxygen atoms in total. The summed E-state index contributed by atoms with van der Waals surface area (Å²) in [4.78, 5) is 14.1. The number of likely N-dealkylation sites (N-methyl/N-ethyl adjacent to an activating group) is 1. The lowest BCUT2D eigenvalue weighted by Crippen LogP contribution is -2.36. The summed E-state index contributed by atoms with van der Waals surface area (Å²) in [6.07, 6.45) is 0.611. The van der Waals surface area contributed by atoms with E-state index in [-0.39, 0.29) is 18.2 Å². The van der Waals surface area contributed by atoms with Crippen LogP contribution in [0.5, 0.6) is 5.75 Å². The minimum absolute atomic E-state index is 0.0756. The maximum Gasteiger partial charge on any atom is 0.387 e. The lowest BCUT2D eigenvalue weighted by atomic mass is 10.1. The molecule has 0 heterocycles. The number of nitrogens with zero attached hydrogens (tertiary/aromatic N) is 1. The van der Waals surface area contributed by atoms with Crippen molar-refractivity contribution in [2.24, 2.45) is 0 Å². The van der Waals surface area contributed by atoms with E-state index < -0.39 is 6.61 Å². The van der Waals surface area contributed by atoms with Crippen molar-refractivity contribution in [2.45, 2.75) is 13.0 Å². The molecular formula is C22H22F2N2O2. The molecule has 0 bridgehead atoms. The number of hydrogen-bond acceptors (Lipinski definition) is 3. The summed E-state index contributed by atoms with van der Waals surface area (Å²) in [5, 5.41) is 5.18. The Morgan fingerprint density at radius 3 is 2.46 bits per heavy atom. The van der Waals surface area contributed by atoms with Gasteiger partial charge in [0.1, 0.15) is 5.75 Å². The largest absolute Gasteiger partial charge is 0.435 e. The molecule has 0 aliphatic heterocycles. The van der Waals surface area contributed by atoms with Crippen LogP contribution in [0.3, 0.4) is 0 Å². The van der Waals surface area contributed by atoms with E-state index >= 15 is 0 Å². The molecule has 0 saturated carbocycles. The highest BCUT2D eigenvalue weighted by molar-refractivity contribution is 5.87. The average Bonchev–Trinajstić information content (AvgIpc) is 2.68. The molecule has 6 heteroatoms. The third-order valence-corrected chi connectivity index (χ3v) is 4.44. The van der Waals surface area contributed by atoms with Crippen molar-refractivity contribution in [3.8, 4) is 5.75 Å². The van der Waals surface area contributed by atoms with Crippen LogP contribution in [-0.2, 0) is 11.2 Å². The van der Waals surface area contributed by atoms with Gasteiger partial charge in [-0.3, -0.25) is 4.79 Å². The quantitative estimate of drug-likeness (QED) is 0.632. The predicted molar refractivity (Wildman–Crippen MR) is 107 cm³/mol. The minimum Gasteiger partial charge on any atom is -0.435 e. The fraction of sp³-hybridized carbons (Fsp3) is 0.227. The predicted octanol–water partition coefficient (Wildman–Crippen LogP) is 4.24. The van der Waals surface area contributed by atoms with Crippen molar-refractivity contribution in [1.29, 1.82) is 0 Å². The van der Waals surface area contributed by atoms with Crippen LogP contribution in [0.1, 0.15) is 5.56 Å². The van der Waals surface area contributed by atoms with Crippen molar-refractivity contribution in [2.75, 3.05) is 25.0 Å². The Labute approximate surface area is 162 Å². The van der Waals surface area contributed by atoms with Crippen LogP contribution in [0.15, 0.2) is 66.7 Å². The molecule has 0 fully saturated rings. The number of anilines is 1. The molecule has 1 amide bonds. The van der Waals surface area contributed by atoms with Crippen LogP contribution in [0, 0.1) is 0 Å². The SMILES string of the molecule is CN(CC(=O)NCCc1ccc(OC(F)F)cc1)c1ccc2ccccc2c1. The summed E-state index contributed by atoms with van der Waals surface area (Å²) in [6, 6.07) is 20.6. The van der Waals surface area contributed by atoms with Gasteiger partial charge in [-0.2, -0.15) is 8.78 Å². The maximum atomic E-state index is 12.2. The molecule has 3 aromatic rings. The summed E-state index contributed by atoms with van der Waals surface area (Å²) in [5.74, 6) is 0.0492. The van der Waals surface area contributed by atoms with E-state index in [4.69, 9.17) is 0 Å². The number of carbonyl (C=O) groups excluding carboxylic acids is 1. The summed E-state index contributed by atoms with van der Waals surface area (Å²) >= 11 is 0. The van der Waals surface area contributed by atoms with E-state index in [1.54, 1.807) is 12.1 Å². The van der Waals surface area contributed by atoms with E-state index in [1.165, 1.54) is 12.1 Å². The average molecular weight is 384 g/mol. The third-order valence-electron chi connectivity index (χ3n) is 4.44. The van der Waals surface area contributed by atoms with Crippen LogP contribution in [0.25, 0.3) is 10.8 Å². The number of fused-ring (bicyclic) bond motifs is 1. The van der Waals surface area contributed by atoms with E-state index in [0.717, 1.165) is 22.0 Å². The molecule has 146 valence electrons. The molecule has 0 spiro atoms. The van der Waals surface area contributed by atoms with Gasteiger partial charge in [-0.15, -0.1) is 0 Å². The molecule has 28 heavy (non-hydrogen) atoms. The van der Waals surface area contributed by atoms with E-state index in [1.807, 2.05) is 42.3 Å². The lowest BCUT2D eigenvalue weighted by Gasteiger charge is -2.19. The van der Waals surface area contributed by atoms with Crippen LogP contribution in [-0.4, -0.2) is 32.7 Å². The standard InChI is InChI=1S/C22H22F2N2O2/c1-26(19-9-8-17-4-2-3-5-18(17)14-19)15-21(27)25-13-12-16-6-10-20(11-7-16)28-22(23)24/h2-11,14,22H,12-13,15H2,1H3,(H,25,27). The van der Waals surface area contributed by atoms with Crippen LogP contribution in [0.4, 0.5) is 14.5 Å². The van der Waals surface area contributed by atoms with Crippen molar-refractivity contribution in [3.05, 3.63) is 72.3 Å². The van der Waals surface area contributed by atoms with Crippen molar-refractivity contribution in [1.82, 2.24) is 5.32 Å². The zero-order valence-corrected chi connectivity index (χ0v) is 15.6. The number of amides is 1. The zero-order chi connectivity index (χ0) is 19.9.